The molecule has 0 spiro atoms. The molecule has 1 saturated heterocycles. The molecule has 1 aliphatic heterocycles. The van der Waals surface area contributed by atoms with Crippen molar-refractivity contribution in [1.29, 1.82) is 5.41 Å². The smallest absolute Gasteiger partial charge is 0.408 e. The topological polar surface area (TPSA) is 95.4 Å². The number of thiol groups is 1. The minimum atomic E-state index is -0.575. The maximum atomic E-state index is 14.9. The highest BCUT2D eigenvalue weighted by Gasteiger charge is 2.21. The summed E-state index contributed by atoms with van der Waals surface area (Å²) >= 11 is 4.97. The van der Waals surface area contributed by atoms with Crippen molar-refractivity contribution in [2.45, 2.75) is 43.2 Å². The molecule has 2 atom stereocenters. The Morgan fingerprint density at radius 3 is 3.03 bits per heavy atom. The highest BCUT2D eigenvalue weighted by Crippen LogP contribution is 2.29. The van der Waals surface area contributed by atoms with Crippen LogP contribution in [0.5, 0.6) is 0 Å². The number of aromatic nitrogens is 1. The van der Waals surface area contributed by atoms with Gasteiger partial charge in [0, 0.05) is 17.7 Å². The van der Waals surface area contributed by atoms with Crippen molar-refractivity contribution >= 4 is 47.2 Å². The Kier molecular flexibility index (Phi) is 7.77. The first-order valence-electron chi connectivity index (χ1n) is 10.8. The molecule has 0 amide bonds. The first-order chi connectivity index (χ1) is 16.5. The quantitative estimate of drug-likeness (QED) is 0.138. The zero-order valence-electron chi connectivity index (χ0n) is 18.5. The van der Waals surface area contributed by atoms with Crippen LogP contribution in [0.25, 0.3) is 11.1 Å². The van der Waals surface area contributed by atoms with Crippen molar-refractivity contribution in [2.75, 3.05) is 6.54 Å². The third kappa shape index (κ3) is 5.38. The summed E-state index contributed by atoms with van der Waals surface area (Å²) < 4.78 is 24.5. The molecule has 1 aromatic heterocycles. The van der Waals surface area contributed by atoms with Crippen LogP contribution in [-0.2, 0) is 0 Å². The molecule has 1 unspecified atom stereocenters. The number of fused-ring (bicyclic) bond motifs is 1. The summed E-state index contributed by atoms with van der Waals surface area (Å²) in [4.78, 5) is 16.6. The maximum Gasteiger partial charge on any atom is 0.420 e. The Morgan fingerprint density at radius 1 is 1.44 bits per heavy atom. The lowest BCUT2D eigenvalue weighted by atomic mass is 10.00. The summed E-state index contributed by atoms with van der Waals surface area (Å²) in [5, 5.41) is 10.5. The van der Waals surface area contributed by atoms with E-state index in [0.29, 0.717) is 5.52 Å². The van der Waals surface area contributed by atoms with Crippen LogP contribution < -0.4 is 15.8 Å². The second-order valence-corrected chi connectivity index (χ2v) is 9.08. The van der Waals surface area contributed by atoms with E-state index in [-0.39, 0.29) is 21.7 Å². The number of rotatable bonds is 5. The molecule has 4 rings (SSSR count). The van der Waals surface area contributed by atoms with E-state index in [4.69, 9.17) is 9.83 Å². The van der Waals surface area contributed by atoms with Crippen molar-refractivity contribution in [1.82, 2.24) is 14.6 Å². The maximum absolute atomic E-state index is 14.9. The number of nitrogens with zero attached hydrogens (tertiary/aromatic N) is 2. The van der Waals surface area contributed by atoms with Crippen LogP contribution in [0.4, 0.5) is 4.39 Å². The van der Waals surface area contributed by atoms with E-state index in [0.717, 1.165) is 48.8 Å². The van der Waals surface area contributed by atoms with Gasteiger partial charge in [0.05, 0.1) is 22.5 Å². The van der Waals surface area contributed by atoms with Crippen molar-refractivity contribution in [2.24, 2.45) is 4.99 Å². The van der Waals surface area contributed by atoms with E-state index >= 15 is 0 Å². The minimum Gasteiger partial charge on any atom is -0.408 e. The van der Waals surface area contributed by atoms with E-state index in [1.807, 2.05) is 31.2 Å². The fourth-order valence-corrected chi connectivity index (χ4v) is 4.69. The average Bonchev–Trinajstić information content (AvgIpc) is 3.16. The molecule has 3 N–H and O–H groups in total. The zero-order valence-corrected chi connectivity index (χ0v) is 20.2. The second kappa shape index (κ2) is 11.0. The van der Waals surface area contributed by atoms with Crippen LogP contribution in [0, 0.1) is 23.1 Å². The zero-order chi connectivity index (χ0) is 24.1. The molecule has 176 valence electrons. The van der Waals surface area contributed by atoms with Crippen LogP contribution in [-0.4, -0.2) is 28.7 Å². The number of aliphatic imine (C=N–C) groups is 1. The largest absolute Gasteiger partial charge is 0.420 e. The fraction of sp³-hybridized carbons (Fsp3) is 0.292. The van der Waals surface area contributed by atoms with Gasteiger partial charge in [0.1, 0.15) is 12.2 Å². The molecular formula is C24H24FN5O2S2. The lowest BCUT2D eigenvalue weighted by molar-refractivity contribution is 0.464. The van der Waals surface area contributed by atoms with Gasteiger partial charge in [-0.15, -0.1) is 12.6 Å². The van der Waals surface area contributed by atoms with Crippen LogP contribution in [0.1, 0.15) is 43.4 Å². The van der Waals surface area contributed by atoms with E-state index in [1.165, 1.54) is 23.1 Å². The Bertz CT molecular complexity index is 1350. The van der Waals surface area contributed by atoms with Crippen LogP contribution in [0.15, 0.2) is 55.5 Å². The Balaban J connectivity index is 1.67. The standard InChI is InChI=1S/C24H24FN5O2S2/c1-15(18-8-3-2-6-16(18)9-10-17-7-4-5-11-27-17)30-20-12-19(25)22(13-21(20)32-24(30)31)34-29-23(33)28-14-26/h2-3,6,8,12-15,17,27H,4-5,7,11H2,1H3,(H3,26,28,29,33)/t15-,17?/m1/s1. The summed E-state index contributed by atoms with van der Waals surface area (Å²) in [6.07, 6.45) is 4.17. The highest BCUT2D eigenvalue weighted by atomic mass is 32.2. The van der Waals surface area contributed by atoms with Gasteiger partial charge >= 0.3 is 5.76 Å². The lowest BCUT2D eigenvalue weighted by Gasteiger charge is -2.18. The molecule has 1 fully saturated rings. The molecule has 0 aliphatic carbocycles. The molecule has 0 saturated carbocycles. The Labute approximate surface area is 206 Å². The second-order valence-electron chi connectivity index (χ2n) is 7.81. The third-order valence-corrected chi connectivity index (χ3v) is 6.80. The summed E-state index contributed by atoms with van der Waals surface area (Å²) in [5.74, 6) is 5.48. The first-order valence-corrected chi connectivity index (χ1v) is 12.1. The van der Waals surface area contributed by atoms with Crippen molar-refractivity contribution in [3.05, 3.63) is 63.9 Å². The summed E-state index contributed by atoms with van der Waals surface area (Å²) in [7, 11) is 0. The van der Waals surface area contributed by atoms with Crippen LogP contribution in [0.3, 0.4) is 0 Å². The molecule has 7 nitrogen and oxygen atoms in total. The molecule has 34 heavy (non-hydrogen) atoms. The third-order valence-electron chi connectivity index (χ3n) is 5.60. The van der Waals surface area contributed by atoms with E-state index in [9.17, 15) is 9.18 Å². The molecule has 2 aromatic carbocycles. The van der Waals surface area contributed by atoms with E-state index < -0.39 is 17.6 Å². The minimum absolute atomic E-state index is 0.147. The molecule has 3 aromatic rings. The number of hydrogen-bond acceptors (Lipinski definition) is 5. The molecule has 2 heterocycles. The molecular weight excluding hydrogens is 473 g/mol. The summed E-state index contributed by atoms with van der Waals surface area (Å²) in [6.45, 7) is 2.85. The molecule has 0 radical (unpaired) electrons. The summed E-state index contributed by atoms with van der Waals surface area (Å²) in [6, 6.07) is 10.2. The van der Waals surface area contributed by atoms with Crippen molar-refractivity contribution < 1.29 is 8.81 Å². The number of oxazole rings is 1. The van der Waals surface area contributed by atoms with Gasteiger partial charge in [-0.05, 0) is 56.3 Å². The van der Waals surface area contributed by atoms with Crippen LogP contribution >= 0.6 is 24.6 Å². The first kappa shape index (κ1) is 24.1. The monoisotopic (exact) mass is 497 g/mol. The lowest BCUT2D eigenvalue weighted by Crippen LogP contribution is -2.32. The number of halogens is 1. The normalized spacial score (nSPS) is 17.1. The van der Waals surface area contributed by atoms with Gasteiger partial charge in [-0.25, -0.2) is 14.2 Å². The number of hydrogen-bond donors (Lipinski definition) is 4. The predicted octanol–water partition coefficient (Wildman–Crippen LogP) is 4.33. The highest BCUT2D eigenvalue weighted by molar-refractivity contribution is 8.03. The van der Waals surface area contributed by atoms with Gasteiger partial charge in [0.15, 0.2) is 10.8 Å². The van der Waals surface area contributed by atoms with Gasteiger partial charge in [-0.3, -0.25) is 9.98 Å². The molecule has 10 heteroatoms. The van der Waals surface area contributed by atoms with Crippen LogP contribution in [0.2, 0.25) is 0 Å². The van der Waals surface area contributed by atoms with Gasteiger partial charge < -0.3 is 14.5 Å². The molecule has 1 aliphatic rings. The number of amidine groups is 1. The van der Waals surface area contributed by atoms with Crippen molar-refractivity contribution in [3.8, 4) is 11.8 Å². The number of nitrogens with one attached hydrogen (secondary N) is 3. The van der Waals surface area contributed by atoms with Gasteiger partial charge in [-0.2, -0.15) is 0 Å². The number of benzene rings is 2. The van der Waals surface area contributed by atoms with Gasteiger partial charge in [0.2, 0.25) is 0 Å². The van der Waals surface area contributed by atoms with Gasteiger partial charge in [0.25, 0.3) is 0 Å². The summed E-state index contributed by atoms with van der Waals surface area (Å²) in [5.41, 5.74) is 2.31. The van der Waals surface area contributed by atoms with E-state index in [2.05, 4.69) is 39.5 Å². The molecule has 0 bridgehead atoms. The SMILES string of the molecule is C[C@H](c1ccccc1C#CC1CCCCN1)n1c(=O)oc2cc(SN/C(S)=N/C=N)c(F)cc21. The van der Waals surface area contributed by atoms with Gasteiger partial charge in [-0.1, -0.05) is 30.0 Å². The average molecular weight is 498 g/mol. The predicted molar refractivity (Wildman–Crippen MR) is 137 cm³/mol. The Hall–Kier alpha value is -3.00. The van der Waals surface area contributed by atoms with E-state index in [1.54, 1.807) is 0 Å². The van der Waals surface area contributed by atoms with Crippen molar-refractivity contribution in [3.63, 3.8) is 0 Å². The number of piperidine rings is 1. The Morgan fingerprint density at radius 2 is 2.26 bits per heavy atom. The fourth-order valence-electron chi connectivity index (χ4n) is 3.92.